The number of methoxy groups -OCH3 is 1. The molecule has 0 atom stereocenters. The monoisotopic (exact) mass is 690 g/mol. The number of fused-ring (bicyclic) bond motifs is 3. The minimum atomic E-state index is -3.65. The number of para-hydroxylation sites is 1. The van der Waals surface area contributed by atoms with Gasteiger partial charge in [-0.1, -0.05) is 36.4 Å². The molecule has 0 aliphatic heterocycles. The SMILES string of the molecule is COc1cc(Oc2ccc3c4ccccc4n(-c4cc(C)ccn4)c3c2)cc(-n2cc(-c3c(C)cc(S(=O)(=O)c4ccccc4)cc3C)cn2)c1. The van der Waals surface area contributed by atoms with E-state index in [1.165, 1.54) is 0 Å². The Morgan fingerprint density at radius 2 is 1.39 bits per heavy atom. The predicted octanol–water partition coefficient (Wildman–Crippen LogP) is 9.59. The Morgan fingerprint density at radius 3 is 2.16 bits per heavy atom. The quantitative estimate of drug-likeness (QED) is 0.158. The maximum atomic E-state index is 13.4. The van der Waals surface area contributed by atoms with Crippen molar-refractivity contribution in [1.29, 1.82) is 0 Å². The van der Waals surface area contributed by atoms with Crippen LogP contribution >= 0.6 is 0 Å². The molecule has 9 heteroatoms. The molecule has 0 saturated carbocycles. The first kappa shape index (κ1) is 32.0. The standard InChI is InChI=1S/C42H34N4O4S/c1-27-16-17-43-41(18-27)46-39-13-9-8-12-37(39)38-15-14-32(24-40(38)46)50-34-22-31(21-33(23-34)49-4)45-26-30(25-44-45)42-28(2)19-36(20-29(42)3)51(47,48)35-10-6-5-7-11-35/h5-26H,1-4H3. The second-order valence-corrected chi connectivity index (χ2v) is 14.6. The van der Waals surface area contributed by atoms with Crippen LogP contribution in [0.5, 0.6) is 17.2 Å². The Balaban J connectivity index is 1.14. The highest BCUT2D eigenvalue weighted by Crippen LogP contribution is 2.37. The Morgan fingerprint density at radius 1 is 0.667 bits per heavy atom. The van der Waals surface area contributed by atoms with Crippen LogP contribution in [0.15, 0.2) is 144 Å². The molecule has 0 saturated heterocycles. The summed E-state index contributed by atoms with van der Waals surface area (Å²) in [5, 5.41) is 6.92. The summed E-state index contributed by atoms with van der Waals surface area (Å²) in [4.78, 5) is 5.23. The fourth-order valence-electron chi connectivity index (χ4n) is 6.77. The Kier molecular flexibility index (Phi) is 7.92. The highest BCUT2D eigenvalue weighted by molar-refractivity contribution is 7.91. The molecule has 5 aromatic carbocycles. The number of rotatable bonds is 8. The van der Waals surface area contributed by atoms with Gasteiger partial charge in [-0.25, -0.2) is 18.1 Å². The number of aromatic nitrogens is 4. The number of pyridine rings is 1. The molecule has 0 unspecified atom stereocenters. The second-order valence-electron chi connectivity index (χ2n) is 12.6. The molecule has 0 N–H and O–H groups in total. The van der Waals surface area contributed by atoms with Gasteiger partial charge in [0.25, 0.3) is 0 Å². The average molecular weight is 691 g/mol. The summed E-state index contributed by atoms with van der Waals surface area (Å²) in [7, 11) is -2.03. The zero-order valence-electron chi connectivity index (χ0n) is 28.5. The van der Waals surface area contributed by atoms with Crippen molar-refractivity contribution < 1.29 is 17.9 Å². The van der Waals surface area contributed by atoms with Crippen molar-refractivity contribution in [3.05, 3.63) is 151 Å². The predicted molar refractivity (Wildman–Crippen MR) is 200 cm³/mol. The van der Waals surface area contributed by atoms with Gasteiger partial charge in [-0.2, -0.15) is 5.10 Å². The molecule has 0 spiro atoms. The third kappa shape index (κ3) is 5.81. The largest absolute Gasteiger partial charge is 0.497 e. The zero-order chi connectivity index (χ0) is 35.3. The number of aryl methyl sites for hydroxylation is 3. The van der Waals surface area contributed by atoms with Gasteiger partial charge in [0.1, 0.15) is 23.1 Å². The van der Waals surface area contributed by atoms with E-state index in [1.807, 2.05) is 74.8 Å². The van der Waals surface area contributed by atoms with Crippen LogP contribution in [-0.4, -0.2) is 34.9 Å². The van der Waals surface area contributed by atoms with Crippen LogP contribution in [0.2, 0.25) is 0 Å². The molecule has 0 bridgehead atoms. The molecule has 8 rings (SSSR count). The van der Waals surface area contributed by atoms with E-state index >= 15 is 0 Å². The van der Waals surface area contributed by atoms with E-state index in [0.717, 1.165) is 61.1 Å². The summed E-state index contributed by atoms with van der Waals surface area (Å²) in [6, 6.07) is 36.1. The molecule has 0 aliphatic rings. The van der Waals surface area contributed by atoms with E-state index in [0.29, 0.717) is 17.2 Å². The fraction of sp³-hybridized carbons (Fsp3) is 0.0952. The summed E-state index contributed by atoms with van der Waals surface area (Å²) in [6.45, 7) is 5.91. The molecule has 0 radical (unpaired) electrons. The first-order valence-electron chi connectivity index (χ1n) is 16.5. The van der Waals surface area contributed by atoms with Crippen LogP contribution < -0.4 is 9.47 Å². The van der Waals surface area contributed by atoms with Crippen LogP contribution in [0.3, 0.4) is 0 Å². The third-order valence-electron chi connectivity index (χ3n) is 9.12. The first-order chi connectivity index (χ1) is 24.7. The fourth-order valence-corrected chi connectivity index (χ4v) is 8.22. The van der Waals surface area contributed by atoms with Gasteiger partial charge >= 0.3 is 0 Å². The van der Waals surface area contributed by atoms with E-state index in [4.69, 9.17) is 14.5 Å². The van der Waals surface area contributed by atoms with Crippen molar-refractivity contribution in [1.82, 2.24) is 19.3 Å². The van der Waals surface area contributed by atoms with Crippen molar-refractivity contribution in [2.24, 2.45) is 0 Å². The molecule has 0 amide bonds. The van der Waals surface area contributed by atoms with E-state index in [1.54, 1.807) is 60.5 Å². The third-order valence-corrected chi connectivity index (χ3v) is 10.9. The van der Waals surface area contributed by atoms with Gasteiger partial charge in [0.05, 0.1) is 39.8 Å². The molecule has 3 heterocycles. The number of nitrogens with zero attached hydrogens (tertiary/aromatic N) is 4. The lowest BCUT2D eigenvalue weighted by atomic mass is 9.98. The van der Waals surface area contributed by atoms with Crippen LogP contribution in [0, 0.1) is 20.8 Å². The molecule has 0 aliphatic carbocycles. The number of benzene rings is 5. The lowest BCUT2D eigenvalue weighted by molar-refractivity contribution is 0.408. The molecule has 8 nitrogen and oxygen atoms in total. The van der Waals surface area contributed by atoms with Gasteiger partial charge in [0, 0.05) is 53.0 Å². The van der Waals surface area contributed by atoms with Crippen LogP contribution in [0.4, 0.5) is 0 Å². The van der Waals surface area contributed by atoms with Gasteiger partial charge in [-0.3, -0.25) is 4.57 Å². The molecule has 51 heavy (non-hydrogen) atoms. The Hall–Kier alpha value is -6.19. The van der Waals surface area contributed by atoms with Crippen LogP contribution in [0.25, 0.3) is 44.4 Å². The molecule has 252 valence electrons. The molecule has 0 fully saturated rings. The summed E-state index contributed by atoms with van der Waals surface area (Å²) in [5.74, 6) is 2.70. The lowest BCUT2D eigenvalue weighted by Gasteiger charge is -2.13. The van der Waals surface area contributed by atoms with Crippen molar-refractivity contribution in [3.63, 3.8) is 0 Å². The number of ether oxygens (including phenoxy) is 2. The highest BCUT2D eigenvalue weighted by Gasteiger charge is 2.21. The Labute approximate surface area is 296 Å². The van der Waals surface area contributed by atoms with Crippen LogP contribution in [-0.2, 0) is 9.84 Å². The zero-order valence-corrected chi connectivity index (χ0v) is 29.3. The molecular weight excluding hydrogens is 657 g/mol. The van der Waals surface area contributed by atoms with Crippen molar-refractivity contribution in [2.45, 2.75) is 30.6 Å². The molecule has 8 aromatic rings. The summed E-state index contributed by atoms with van der Waals surface area (Å²) in [5.41, 5.74) is 7.40. The van der Waals surface area contributed by atoms with Crippen molar-refractivity contribution in [3.8, 4) is 39.9 Å². The van der Waals surface area contributed by atoms with E-state index in [9.17, 15) is 8.42 Å². The minimum absolute atomic E-state index is 0.267. The number of hydrogen-bond acceptors (Lipinski definition) is 6. The summed E-state index contributed by atoms with van der Waals surface area (Å²) < 4.78 is 42.8. The highest BCUT2D eigenvalue weighted by atomic mass is 32.2. The van der Waals surface area contributed by atoms with E-state index < -0.39 is 9.84 Å². The minimum Gasteiger partial charge on any atom is -0.497 e. The van der Waals surface area contributed by atoms with Gasteiger partial charge < -0.3 is 9.47 Å². The molecule has 3 aromatic heterocycles. The number of hydrogen-bond donors (Lipinski definition) is 0. The summed E-state index contributed by atoms with van der Waals surface area (Å²) in [6.07, 6.45) is 5.55. The van der Waals surface area contributed by atoms with Crippen LogP contribution in [0.1, 0.15) is 16.7 Å². The van der Waals surface area contributed by atoms with Gasteiger partial charge in [0.15, 0.2) is 0 Å². The number of sulfone groups is 1. The first-order valence-corrected chi connectivity index (χ1v) is 18.0. The maximum absolute atomic E-state index is 13.4. The molecular formula is C42H34N4O4S. The van der Waals surface area contributed by atoms with E-state index in [2.05, 4.69) is 40.9 Å². The Bertz CT molecular complexity index is 2690. The van der Waals surface area contributed by atoms with Crippen molar-refractivity contribution >= 4 is 31.6 Å². The topological polar surface area (TPSA) is 88.2 Å². The average Bonchev–Trinajstić information content (AvgIpc) is 3.75. The maximum Gasteiger partial charge on any atom is 0.206 e. The summed E-state index contributed by atoms with van der Waals surface area (Å²) >= 11 is 0. The van der Waals surface area contributed by atoms with Gasteiger partial charge in [-0.15, -0.1) is 0 Å². The second kappa shape index (κ2) is 12.6. The normalized spacial score (nSPS) is 11.7. The van der Waals surface area contributed by atoms with Gasteiger partial charge in [-0.05, 0) is 97.6 Å². The lowest BCUT2D eigenvalue weighted by Crippen LogP contribution is -2.03. The smallest absolute Gasteiger partial charge is 0.206 e. The van der Waals surface area contributed by atoms with Gasteiger partial charge in [0.2, 0.25) is 9.84 Å². The van der Waals surface area contributed by atoms with E-state index in [-0.39, 0.29) is 9.79 Å². The van der Waals surface area contributed by atoms with Crippen molar-refractivity contribution in [2.75, 3.05) is 7.11 Å².